The zero-order valence-corrected chi connectivity index (χ0v) is 21.4. The zero-order valence-electron chi connectivity index (χ0n) is 20.7. The van der Waals surface area contributed by atoms with Crippen LogP contribution in [0, 0.1) is 5.92 Å². The Morgan fingerprint density at radius 2 is 2.03 bits per heavy atom. The molecule has 0 aromatic heterocycles. The lowest BCUT2D eigenvalue weighted by Gasteiger charge is -2.25. The van der Waals surface area contributed by atoms with E-state index in [1.54, 1.807) is 19.2 Å². The molecule has 0 aromatic carbocycles. The molecule has 0 radical (unpaired) electrons. The van der Waals surface area contributed by atoms with Crippen LogP contribution in [0.4, 0.5) is 4.39 Å². The molecule has 0 bridgehead atoms. The maximum absolute atomic E-state index is 14.0. The highest BCUT2D eigenvalue weighted by molar-refractivity contribution is 6.29. The molecule has 1 aliphatic heterocycles. The maximum Gasteiger partial charge on any atom is 0.222 e. The Kier molecular flexibility index (Phi) is 12.5. The van der Waals surface area contributed by atoms with E-state index in [2.05, 4.69) is 24.6 Å². The van der Waals surface area contributed by atoms with Gasteiger partial charge in [-0.3, -0.25) is 4.79 Å². The van der Waals surface area contributed by atoms with Crippen LogP contribution in [0.15, 0.2) is 94.8 Å². The summed E-state index contributed by atoms with van der Waals surface area (Å²) < 4.78 is 14.0. The molecule has 180 valence electrons. The summed E-state index contributed by atoms with van der Waals surface area (Å²) >= 11 is 5.82. The third-order valence-corrected chi connectivity index (χ3v) is 5.53. The van der Waals surface area contributed by atoms with Gasteiger partial charge in [0.2, 0.25) is 5.91 Å². The van der Waals surface area contributed by atoms with Crippen LogP contribution in [0.5, 0.6) is 0 Å². The van der Waals surface area contributed by atoms with Gasteiger partial charge in [0.25, 0.3) is 0 Å². The van der Waals surface area contributed by atoms with Crippen molar-refractivity contribution in [3.05, 3.63) is 94.8 Å². The predicted molar refractivity (Wildman–Crippen MR) is 140 cm³/mol. The van der Waals surface area contributed by atoms with Crippen molar-refractivity contribution in [2.75, 3.05) is 6.54 Å². The lowest BCUT2D eigenvalue weighted by Crippen LogP contribution is -2.30. The topological polar surface area (TPSA) is 32.3 Å². The fourth-order valence-corrected chi connectivity index (χ4v) is 3.32. The number of carbonyl (C=O) groups is 1. The summed E-state index contributed by atoms with van der Waals surface area (Å²) in [6.07, 6.45) is 16.0. The summed E-state index contributed by atoms with van der Waals surface area (Å²) in [7, 11) is 0. The van der Waals surface area contributed by atoms with Crippen LogP contribution in [-0.2, 0) is 4.79 Å². The van der Waals surface area contributed by atoms with Crippen molar-refractivity contribution in [3.63, 3.8) is 0 Å². The Balaban J connectivity index is 3.04. The molecule has 0 aromatic rings. The van der Waals surface area contributed by atoms with Gasteiger partial charge in [-0.2, -0.15) is 0 Å². The number of nitrogens with one attached hydrogen (secondary N) is 1. The fraction of sp³-hybridized carbons (Fsp3) is 0.393. The number of hydrogen-bond donors (Lipinski definition) is 1. The molecule has 0 atom stereocenters. The quantitative estimate of drug-likeness (QED) is 0.309. The van der Waals surface area contributed by atoms with Gasteiger partial charge in [0, 0.05) is 35.1 Å². The molecular formula is C28H38ClFN2O. The molecule has 0 saturated carbocycles. The fourth-order valence-electron chi connectivity index (χ4n) is 3.25. The smallest absolute Gasteiger partial charge is 0.222 e. The van der Waals surface area contributed by atoms with Crippen LogP contribution in [0.25, 0.3) is 0 Å². The number of allylic oxidation sites excluding steroid dienone is 10. The van der Waals surface area contributed by atoms with Gasteiger partial charge in [0.1, 0.15) is 0 Å². The van der Waals surface area contributed by atoms with E-state index in [1.165, 1.54) is 6.92 Å². The second-order valence-corrected chi connectivity index (χ2v) is 9.01. The normalized spacial score (nSPS) is 16.5. The molecule has 0 saturated heterocycles. The van der Waals surface area contributed by atoms with E-state index in [0.29, 0.717) is 37.3 Å². The van der Waals surface area contributed by atoms with Crippen LogP contribution < -0.4 is 5.32 Å². The Hall–Kier alpha value is -2.59. The molecule has 1 amide bonds. The summed E-state index contributed by atoms with van der Waals surface area (Å²) in [5, 5.41) is 3.70. The third kappa shape index (κ3) is 9.83. The van der Waals surface area contributed by atoms with E-state index in [0.717, 1.165) is 28.1 Å². The Bertz CT molecular complexity index is 908. The molecule has 0 fully saturated rings. The summed E-state index contributed by atoms with van der Waals surface area (Å²) in [6.45, 7) is 17.7. The first-order valence-corrected chi connectivity index (χ1v) is 11.7. The van der Waals surface area contributed by atoms with Crippen LogP contribution in [0.1, 0.15) is 60.3 Å². The third-order valence-electron chi connectivity index (χ3n) is 5.41. The van der Waals surface area contributed by atoms with Crippen molar-refractivity contribution in [1.82, 2.24) is 10.2 Å². The molecular weight excluding hydrogens is 435 g/mol. The minimum Gasteiger partial charge on any atom is -0.352 e. The first-order valence-electron chi connectivity index (χ1n) is 11.4. The van der Waals surface area contributed by atoms with Gasteiger partial charge in [-0.15, -0.1) is 0 Å². The highest BCUT2D eigenvalue weighted by atomic mass is 35.5. The average Bonchev–Trinajstić information content (AvgIpc) is 2.86. The molecule has 0 aliphatic carbocycles. The van der Waals surface area contributed by atoms with E-state index in [4.69, 9.17) is 11.6 Å². The standard InChI is InChI=1S/C28H38ClFN2O/c1-8-32-24(7)21(4)17-18-26(19-31-28(33)20(2)3)27(32)16-12-11-15-25(23(6)30)14-10-9-13-22(5)29/h8-10,12-13,16-17,20H,1,7,11,14-15,18-19H2,2-6H3,(H,31,33)/b10-9?,16-12-,22-13+,25-23-. The van der Waals surface area contributed by atoms with Gasteiger partial charge in [-0.1, -0.05) is 62.9 Å². The Morgan fingerprint density at radius 3 is 2.61 bits per heavy atom. The minimum atomic E-state index is -0.147. The van der Waals surface area contributed by atoms with Crippen LogP contribution in [0.2, 0.25) is 0 Å². The minimum absolute atomic E-state index is 0.0141. The van der Waals surface area contributed by atoms with Gasteiger partial charge in [0.15, 0.2) is 0 Å². The average molecular weight is 473 g/mol. The molecule has 1 rings (SSSR count). The van der Waals surface area contributed by atoms with E-state index in [1.807, 2.05) is 50.0 Å². The highest BCUT2D eigenvalue weighted by Crippen LogP contribution is 2.29. The number of hydrogen-bond acceptors (Lipinski definition) is 2. The van der Waals surface area contributed by atoms with Crippen molar-refractivity contribution in [1.29, 1.82) is 0 Å². The van der Waals surface area contributed by atoms with Crippen LogP contribution in [-0.4, -0.2) is 17.4 Å². The molecule has 1 aliphatic rings. The zero-order chi connectivity index (χ0) is 25.0. The number of carbonyl (C=O) groups excluding carboxylic acids is 1. The van der Waals surface area contributed by atoms with E-state index in [-0.39, 0.29) is 17.7 Å². The van der Waals surface area contributed by atoms with Gasteiger partial charge in [-0.25, -0.2) is 4.39 Å². The van der Waals surface area contributed by atoms with E-state index >= 15 is 0 Å². The first-order chi connectivity index (χ1) is 15.6. The summed E-state index contributed by atoms with van der Waals surface area (Å²) in [6, 6.07) is 0. The largest absolute Gasteiger partial charge is 0.352 e. The van der Waals surface area contributed by atoms with Gasteiger partial charge >= 0.3 is 0 Å². The predicted octanol–water partition coefficient (Wildman–Crippen LogP) is 7.99. The number of nitrogens with zero attached hydrogens (tertiary/aromatic N) is 1. The lowest BCUT2D eigenvalue weighted by molar-refractivity contribution is -0.123. The maximum atomic E-state index is 14.0. The van der Waals surface area contributed by atoms with Crippen LogP contribution in [0.3, 0.4) is 0 Å². The monoisotopic (exact) mass is 472 g/mol. The lowest BCUT2D eigenvalue weighted by atomic mass is 10.0. The summed E-state index contributed by atoms with van der Waals surface area (Å²) in [5.41, 5.74) is 4.69. The SMILES string of the molecule is C=CN1C(=C)C(C)=CCC(CNC(=O)C(C)C)=C1/C=C\CC/C(CC=C/C=C(\C)Cl)=C(/C)F. The molecule has 33 heavy (non-hydrogen) atoms. The van der Waals surface area contributed by atoms with E-state index < -0.39 is 0 Å². The first kappa shape index (κ1) is 28.4. The van der Waals surface area contributed by atoms with Crippen molar-refractivity contribution in [3.8, 4) is 0 Å². The molecule has 1 heterocycles. The highest BCUT2D eigenvalue weighted by Gasteiger charge is 2.18. The van der Waals surface area contributed by atoms with Crippen molar-refractivity contribution >= 4 is 17.5 Å². The van der Waals surface area contributed by atoms with Gasteiger partial charge in [-0.05, 0) is 75.3 Å². The Morgan fingerprint density at radius 1 is 1.33 bits per heavy atom. The number of halogens is 2. The number of amides is 1. The molecule has 0 spiro atoms. The van der Waals surface area contributed by atoms with E-state index in [9.17, 15) is 9.18 Å². The van der Waals surface area contributed by atoms with Crippen LogP contribution >= 0.6 is 11.6 Å². The second kappa shape index (κ2) is 14.5. The van der Waals surface area contributed by atoms with Crippen molar-refractivity contribution in [2.24, 2.45) is 5.92 Å². The molecule has 1 N–H and O–H groups in total. The summed E-state index contributed by atoms with van der Waals surface area (Å²) in [5.74, 6) is -0.211. The number of rotatable bonds is 11. The second-order valence-electron chi connectivity index (χ2n) is 8.42. The Labute approximate surface area is 204 Å². The van der Waals surface area contributed by atoms with Gasteiger partial charge < -0.3 is 10.2 Å². The summed E-state index contributed by atoms with van der Waals surface area (Å²) in [4.78, 5) is 14.1. The molecule has 5 heteroatoms. The molecule has 3 nitrogen and oxygen atoms in total. The van der Waals surface area contributed by atoms with Gasteiger partial charge in [0.05, 0.1) is 5.83 Å². The molecule has 0 unspecified atom stereocenters. The van der Waals surface area contributed by atoms with Crippen molar-refractivity contribution < 1.29 is 9.18 Å². The van der Waals surface area contributed by atoms with Crippen molar-refractivity contribution in [2.45, 2.75) is 60.3 Å².